The number of hydrogen-bond acceptors (Lipinski definition) is 7. The van der Waals surface area contributed by atoms with Gasteiger partial charge in [-0.1, -0.05) is 34.1 Å². The van der Waals surface area contributed by atoms with Crippen LogP contribution in [0.4, 0.5) is 0 Å². The number of rotatable bonds is 14. The van der Waals surface area contributed by atoms with Crippen LogP contribution in [-0.4, -0.2) is 74.6 Å². The first-order valence-corrected chi connectivity index (χ1v) is 11.0. The summed E-state index contributed by atoms with van der Waals surface area (Å²) in [5, 5.41) is 26.3. The Labute approximate surface area is 193 Å². The number of aliphatic hydroxyl groups is 1. The van der Waals surface area contributed by atoms with Crippen LogP contribution in [0.15, 0.2) is 12.5 Å². The van der Waals surface area contributed by atoms with E-state index in [0.717, 1.165) is 0 Å². The average molecular weight is 469 g/mol. The summed E-state index contributed by atoms with van der Waals surface area (Å²) in [5.74, 6) is -3.45. The van der Waals surface area contributed by atoms with Crippen LogP contribution >= 0.6 is 0 Å². The van der Waals surface area contributed by atoms with E-state index >= 15 is 0 Å². The Kier molecular flexibility index (Phi) is 11.5. The van der Waals surface area contributed by atoms with Crippen molar-refractivity contribution in [2.45, 2.75) is 71.1 Å². The normalized spacial score (nSPS) is 15.7. The lowest BCUT2D eigenvalue weighted by Crippen LogP contribution is -2.59. The van der Waals surface area contributed by atoms with E-state index in [2.05, 4.69) is 25.9 Å². The van der Waals surface area contributed by atoms with Crippen LogP contribution in [0, 0.1) is 11.8 Å². The highest BCUT2D eigenvalue weighted by Crippen LogP contribution is 2.08. The Hall–Kier alpha value is -2.99. The van der Waals surface area contributed by atoms with Crippen molar-refractivity contribution in [3.05, 3.63) is 18.2 Å². The number of carbonyl (C=O) groups is 4. The summed E-state index contributed by atoms with van der Waals surface area (Å²) in [4.78, 5) is 56.2. The molecule has 8 N–H and O–H groups in total. The molecule has 12 heteroatoms. The fourth-order valence-electron chi connectivity index (χ4n) is 3.04. The van der Waals surface area contributed by atoms with E-state index in [4.69, 9.17) is 5.73 Å². The number of carboxylic acids is 1. The van der Waals surface area contributed by atoms with Crippen LogP contribution in [-0.2, 0) is 25.6 Å². The molecule has 1 aromatic heterocycles. The van der Waals surface area contributed by atoms with Gasteiger partial charge in [-0.3, -0.25) is 14.4 Å². The molecular weight excluding hydrogens is 432 g/mol. The van der Waals surface area contributed by atoms with E-state index in [1.54, 1.807) is 13.8 Å². The fourth-order valence-corrected chi connectivity index (χ4v) is 3.04. The standard InChI is InChI=1S/C21H36N6O6/c1-5-12(4)17(22)20(31)25-14(7-13-8-23-10-24-13)18(29)27-16(9-28)19(30)26-15(21(32)33)6-11(2)3/h8,10-12,14-17,28H,5-7,9,22H2,1-4H3,(H,23,24)(H,25,31)(H,26,30)(H,27,29)(H,32,33). The van der Waals surface area contributed by atoms with Gasteiger partial charge in [0.25, 0.3) is 0 Å². The van der Waals surface area contributed by atoms with E-state index in [0.29, 0.717) is 12.1 Å². The second-order valence-corrected chi connectivity index (χ2v) is 8.53. The van der Waals surface area contributed by atoms with E-state index in [1.807, 2.05) is 13.8 Å². The second-order valence-electron chi connectivity index (χ2n) is 8.53. The maximum Gasteiger partial charge on any atom is 0.326 e. The quantitative estimate of drug-likeness (QED) is 0.178. The van der Waals surface area contributed by atoms with Crippen LogP contribution in [0.3, 0.4) is 0 Å². The zero-order valence-corrected chi connectivity index (χ0v) is 19.5. The van der Waals surface area contributed by atoms with Gasteiger partial charge in [-0.2, -0.15) is 0 Å². The first kappa shape index (κ1) is 28.0. The number of nitrogens with two attached hydrogens (primary N) is 1. The fraction of sp³-hybridized carbons (Fsp3) is 0.667. The Bertz CT molecular complexity index is 784. The van der Waals surface area contributed by atoms with Crippen LogP contribution in [0.1, 0.15) is 46.2 Å². The van der Waals surface area contributed by atoms with Crippen molar-refractivity contribution in [3.8, 4) is 0 Å². The molecule has 5 atom stereocenters. The molecule has 0 aliphatic heterocycles. The summed E-state index contributed by atoms with van der Waals surface area (Å²) in [5.41, 5.74) is 6.52. The summed E-state index contributed by atoms with van der Waals surface area (Å²) < 4.78 is 0. The van der Waals surface area contributed by atoms with Crippen molar-refractivity contribution < 1.29 is 29.4 Å². The number of aliphatic carboxylic acids is 1. The lowest BCUT2D eigenvalue weighted by molar-refractivity contribution is -0.143. The van der Waals surface area contributed by atoms with Gasteiger partial charge in [-0.05, 0) is 18.3 Å². The van der Waals surface area contributed by atoms with Crippen molar-refractivity contribution in [3.63, 3.8) is 0 Å². The third kappa shape index (κ3) is 9.18. The number of hydrogen-bond donors (Lipinski definition) is 7. The van der Waals surface area contributed by atoms with Gasteiger partial charge < -0.3 is 36.9 Å². The Morgan fingerprint density at radius 1 is 1.03 bits per heavy atom. The third-order valence-electron chi connectivity index (χ3n) is 5.31. The molecule has 1 heterocycles. The van der Waals surface area contributed by atoms with Crippen molar-refractivity contribution in [1.82, 2.24) is 25.9 Å². The average Bonchev–Trinajstić information content (AvgIpc) is 3.27. The molecule has 5 unspecified atom stereocenters. The molecule has 12 nitrogen and oxygen atoms in total. The minimum atomic E-state index is -1.41. The predicted octanol–water partition coefficient (Wildman–Crippen LogP) is -1.10. The molecule has 0 aliphatic carbocycles. The van der Waals surface area contributed by atoms with Crippen LogP contribution in [0.5, 0.6) is 0 Å². The number of nitrogens with zero attached hydrogens (tertiary/aromatic N) is 1. The lowest BCUT2D eigenvalue weighted by Gasteiger charge is -2.25. The third-order valence-corrected chi connectivity index (χ3v) is 5.31. The first-order chi connectivity index (χ1) is 15.5. The zero-order chi connectivity index (χ0) is 25.1. The number of carboxylic acid groups (broad SMARTS) is 1. The number of aliphatic hydroxyl groups excluding tert-OH is 1. The smallest absolute Gasteiger partial charge is 0.326 e. The topological polar surface area (TPSA) is 200 Å². The second kappa shape index (κ2) is 13.5. The monoisotopic (exact) mass is 468 g/mol. The number of amides is 3. The molecule has 0 fully saturated rings. The molecule has 0 radical (unpaired) electrons. The van der Waals surface area contributed by atoms with Gasteiger partial charge in [-0.25, -0.2) is 9.78 Å². The molecule has 0 aliphatic rings. The Balaban J connectivity index is 2.94. The first-order valence-electron chi connectivity index (χ1n) is 11.0. The lowest BCUT2D eigenvalue weighted by atomic mass is 9.98. The number of H-pyrrole nitrogens is 1. The molecule has 1 rings (SSSR count). The molecule has 3 amide bonds. The van der Waals surface area contributed by atoms with Gasteiger partial charge >= 0.3 is 5.97 Å². The highest BCUT2D eigenvalue weighted by Gasteiger charge is 2.31. The summed E-state index contributed by atoms with van der Waals surface area (Å²) in [6.07, 6.45) is 3.79. The maximum absolute atomic E-state index is 12.9. The van der Waals surface area contributed by atoms with Gasteiger partial charge in [0.2, 0.25) is 17.7 Å². The highest BCUT2D eigenvalue weighted by molar-refractivity contribution is 5.94. The number of carbonyl (C=O) groups excluding carboxylic acids is 3. The van der Waals surface area contributed by atoms with Crippen LogP contribution in [0.2, 0.25) is 0 Å². The molecule has 1 aromatic rings. The molecule has 0 saturated carbocycles. The molecule has 0 saturated heterocycles. The molecule has 0 spiro atoms. The number of aromatic amines is 1. The van der Waals surface area contributed by atoms with Gasteiger partial charge in [0.15, 0.2) is 0 Å². The van der Waals surface area contributed by atoms with Crippen molar-refractivity contribution >= 4 is 23.7 Å². The van der Waals surface area contributed by atoms with Crippen LogP contribution in [0.25, 0.3) is 0 Å². The van der Waals surface area contributed by atoms with E-state index in [9.17, 15) is 29.4 Å². The van der Waals surface area contributed by atoms with E-state index < -0.39 is 54.5 Å². The SMILES string of the molecule is CCC(C)C(N)C(=O)NC(Cc1cnc[nH]1)C(=O)NC(CO)C(=O)NC(CC(C)C)C(=O)O. The Morgan fingerprint density at radius 3 is 2.09 bits per heavy atom. The largest absolute Gasteiger partial charge is 0.480 e. The molecule has 0 bridgehead atoms. The van der Waals surface area contributed by atoms with Gasteiger partial charge in [0.05, 0.1) is 19.0 Å². The molecule has 0 aromatic carbocycles. The number of imidazole rings is 1. The van der Waals surface area contributed by atoms with Gasteiger partial charge in [0.1, 0.15) is 18.1 Å². The predicted molar refractivity (Wildman–Crippen MR) is 120 cm³/mol. The molecule has 33 heavy (non-hydrogen) atoms. The summed E-state index contributed by atoms with van der Waals surface area (Å²) in [6, 6.07) is -4.52. The van der Waals surface area contributed by atoms with Gasteiger partial charge in [0, 0.05) is 18.3 Å². The summed E-state index contributed by atoms with van der Waals surface area (Å²) in [7, 11) is 0. The van der Waals surface area contributed by atoms with E-state index in [-0.39, 0.29) is 24.7 Å². The van der Waals surface area contributed by atoms with Crippen molar-refractivity contribution in [1.29, 1.82) is 0 Å². The van der Waals surface area contributed by atoms with Crippen LogP contribution < -0.4 is 21.7 Å². The molecular formula is C21H36N6O6. The highest BCUT2D eigenvalue weighted by atomic mass is 16.4. The van der Waals surface area contributed by atoms with Gasteiger partial charge in [-0.15, -0.1) is 0 Å². The Morgan fingerprint density at radius 2 is 1.61 bits per heavy atom. The van der Waals surface area contributed by atoms with Crippen molar-refractivity contribution in [2.24, 2.45) is 17.6 Å². The minimum absolute atomic E-state index is 0.00251. The number of nitrogens with one attached hydrogen (secondary N) is 4. The maximum atomic E-state index is 12.9. The van der Waals surface area contributed by atoms with Crippen molar-refractivity contribution in [2.75, 3.05) is 6.61 Å². The zero-order valence-electron chi connectivity index (χ0n) is 19.5. The minimum Gasteiger partial charge on any atom is -0.480 e. The summed E-state index contributed by atoms with van der Waals surface area (Å²) in [6.45, 7) is 6.56. The molecule has 186 valence electrons. The van der Waals surface area contributed by atoms with E-state index in [1.165, 1.54) is 12.5 Å². The summed E-state index contributed by atoms with van der Waals surface area (Å²) >= 11 is 0. The number of aromatic nitrogens is 2.